The maximum absolute atomic E-state index is 12.9. The van der Waals surface area contributed by atoms with Crippen molar-refractivity contribution in [3.8, 4) is 10.7 Å². The number of hydrogen-bond acceptors (Lipinski definition) is 6. The van der Waals surface area contributed by atoms with Crippen molar-refractivity contribution in [2.45, 2.75) is 32.7 Å². The zero-order chi connectivity index (χ0) is 21.8. The molecule has 0 fully saturated rings. The Kier molecular flexibility index (Phi) is 6.48. The second kappa shape index (κ2) is 9.45. The van der Waals surface area contributed by atoms with Crippen LogP contribution in [-0.4, -0.2) is 41.3 Å². The van der Waals surface area contributed by atoms with E-state index >= 15 is 0 Å². The minimum absolute atomic E-state index is 0.139. The molecule has 3 heterocycles. The first kappa shape index (κ1) is 21.3. The Balaban J connectivity index is 1.75. The van der Waals surface area contributed by atoms with Gasteiger partial charge in [0.2, 0.25) is 5.82 Å². The number of carbonyl (C=O) groups excluding carboxylic acids is 1. The van der Waals surface area contributed by atoms with Crippen LogP contribution in [0.15, 0.2) is 52.0 Å². The largest absolute Gasteiger partial charge is 0.385 e. The number of aryl methyl sites for hydroxylation is 1. The molecule has 0 spiro atoms. The van der Waals surface area contributed by atoms with E-state index in [2.05, 4.69) is 34.5 Å². The van der Waals surface area contributed by atoms with Gasteiger partial charge in [-0.2, -0.15) is 4.98 Å². The lowest BCUT2D eigenvalue weighted by Crippen LogP contribution is -2.46. The Hall–Kier alpha value is -2.97. The van der Waals surface area contributed by atoms with Gasteiger partial charge in [-0.3, -0.25) is 4.90 Å². The highest BCUT2D eigenvalue weighted by Crippen LogP contribution is 2.37. The minimum atomic E-state index is -0.367. The molecular formula is C23H26N4O3S. The molecule has 2 amide bonds. The molecule has 4 rings (SSSR count). The van der Waals surface area contributed by atoms with Gasteiger partial charge in [0.25, 0.3) is 5.89 Å². The molecule has 0 aliphatic carbocycles. The van der Waals surface area contributed by atoms with E-state index in [9.17, 15) is 4.79 Å². The van der Waals surface area contributed by atoms with Gasteiger partial charge < -0.3 is 14.6 Å². The van der Waals surface area contributed by atoms with Crippen LogP contribution in [0.5, 0.6) is 0 Å². The minimum Gasteiger partial charge on any atom is -0.385 e. The maximum Gasteiger partial charge on any atom is 0.322 e. The van der Waals surface area contributed by atoms with E-state index < -0.39 is 0 Å². The highest BCUT2D eigenvalue weighted by molar-refractivity contribution is 7.13. The van der Waals surface area contributed by atoms with E-state index in [0.717, 1.165) is 34.6 Å². The molecule has 1 atom stereocenters. The van der Waals surface area contributed by atoms with E-state index in [4.69, 9.17) is 9.26 Å². The maximum atomic E-state index is 12.9. The Morgan fingerprint density at radius 3 is 2.74 bits per heavy atom. The molecule has 1 aliphatic rings. The van der Waals surface area contributed by atoms with Crippen LogP contribution >= 0.6 is 11.3 Å². The molecule has 1 aromatic carbocycles. The standard InChI is InChI=1S/C23H26N4O3S/c1-4-16-8-10-17(11-9-16)20-19(15(2)27(23(28)24-20)12-6-13-29-3)22-25-21(26-30-22)18-7-5-14-31-18/h5,7-11,14,20H,4,6,12-13H2,1-3H3,(H,24,28). The van der Waals surface area contributed by atoms with Gasteiger partial charge in [-0.25, -0.2) is 4.79 Å². The van der Waals surface area contributed by atoms with Crippen LogP contribution in [-0.2, 0) is 11.2 Å². The molecule has 8 heteroatoms. The Morgan fingerprint density at radius 1 is 1.26 bits per heavy atom. The number of methoxy groups -OCH3 is 1. The summed E-state index contributed by atoms with van der Waals surface area (Å²) in [7, 11) is 1.66. The summed E-state index contributed by atoms with van der Waals surface area (Å²) in [5.41, 5.74) is 3.85. The normalized spacial score (nSPS) is 16.7. The summed E-state index contributed by atoms with van der Waals surface area (Å²) in [5.74, 6) is 0.968. The molecule has 0 saturated heterocycles. The molecule has 162 valence electrons. The quantitative estimate of drug-likeness (QED) is 0.506. The SMILES string of the molecule is CCc1ccc(C2NC(=O)N(CCCOC)C(C)=C2c2nc(-c3cccs3)no2)cc1. The van der Waals surface area contributed by atoms with E-state index in [-0.39, 0.29) is 12.1 Å². The van der Waals surface area contributed by atoms with Crippen molar-refractivity contribution in [1.82, 2.24) is 20.4 Å². The molecule has 1 unspecified atom stereocenters. The third kappa shape index (κ3) is 4.40. The number of carbonyl (C=O) groups is 1. The first-order valence-corrected chi connectivity index (χ1v) is 11.2. The average Bonchev–Trinajstić information content (AvgIpc) is 3.48. The van der Waals surface area contributed by atoms with Crippen LogP contribution in [0.1, 0.15) is 43.3 Å². The van der Waals surface area contributed by atoms with Crippen LogP contribution in [0.2, 0.25) is 0 Å². The highest BCUT2D eigenvalue weighted by Gasteiger charge is 2.35. The predicted octanol–water partition coefficient (Wildman–Crippen LogP) is 4.89. The number of hydrogen-bond donors (Lipinski definition) is 1. The third-order valence-electron chi connectivity index (χ3n) is 5.45. The third-order valence-corrected chi connectivity index (χ3v) is 6.31. The number of amides is 2. The topological polar surface area (TPSA) is 80.5 Å². The Bertz CT molecular complexity index is 1060. The van der Waals surface area contributed by atoms with E-state index in [1.54, 1.807) is 23.3 Å². The number of thiophene rings is 1. The Morgan fingerprint density at radius 2 is 2.06 bits per heavy atom. The van der Waals surface area contributed by atoms with E-state index in [0.29, 0.717) is 24.9 Å². The fraction of sp³-hybridized carbons (Fsp3) is 0.348. The number of allylic oxidation sites excluding steroid dienone is 1. The molecule has 3 aromatic rings. The summed E-state index contributed by atoms with van der Waals surface area (Å²) >= 11 is 1.56. The van der Waals surface area contributed by atoms with Gasteiger partial charge in [-0.05, 0) is 42.3 Å². The van der Waals surface area contributed by atoms with Crippen LogP contribution in [0, 0.1) is 0 Å². The van der Waals surface area contributed by atoms with Crippen molar-refractivity contribution >= 4 is 22.9 Å². The summed E-state index contributed by atoms with van der Waals surface area (Å²) in [6.07, 6.45) is 1.69. The van der Waals surface area contributed by atoms with Crippen LogP contribution in [0.4, 0.5) is 4.79 Å². The van der Waals surface area contributed by atoms with Gasteiger partial charge in [0.1, 0.15) is 0 Å². The van der Waals surface area contributed by atoms with Crippen molar-refractivity contribution in [3.05, 3.63) is 64.5 Å². The molecule has 31 heavy (non-hydrogen) atoms. The number of rotatable bonds is 8. The van der Waals surface area contributed by atoms with Gasteiger partial charge in [-0.1, -0.05) is 42.4 Å². The van der Waals surface area contributed by atoms with E-state index in [1.165, 1.54) is 5.56 Å². The Labute approximate surface area is 185 Å². The average molecular weight is 439 g/mol. The summed E-state index contributed by atoms with van der Waals surface area (Å²) in [6, 6.07) is 11.7. The lowest BCUT2D eigenvalue weighted by atomic mass is 9.93. The van der Waals surface area contributed by atoms with Crippen molar-refractivity contribution in [2.75, 3.05) is 20.3 Å². The first-order chi connectivity index (χ1) is 15.1. The lowest BCUT2D eigenvalue weighted by molar-refractivity contribution is 0.174. The number of urea groups is 1. The predicted molar refractivity (Wildman–Crippen MR) is 120 cm³/mol. The van der Waals surface area contributed by atoms with Gasteiger partial charge in [0, 0.05) is 26.0 Å². The molecule has 7 nitrogen and oxygen atoms in total. The van der Waals surface area contributed by atoms with Crippen LogP contribution in [0.25, 0.3) is 16.3 Å². The number of aromatic nitrogens is 2. The summed E-state index contributed by atoms with van der Waals surface area (Å²) < 4.78 is 10.8. The fourth-order valence-electron chi connectivity index (χ4n) is 3.73. The van der Waals surface area contributed by atoms with Crippen LogP contribution < -0.4 is 5.32 Å². The second-order valence-electron chi connectivity index (χ2n) is 7.38. The summed E-state index contributed by atoms with van der Waals surface area (Å²) in [5, 5.41) is 9.29. The van der Waals surface area contributed by atoms with Gasteiger partial charge in [-0.15, -0.1) is 11.3 Å². The van der Waals surface area contributed by atoms with Gasteiger partial charge in [0.05, 0.1) is 16.5 Å². The molecule has 1 N–H and O–H groups in total. The summed E-state index contributed by atoms with van der Waals surface area (Å²) in [6.45, 7) is 5.18. The van der Waals surface area contributed by atoms with Crippen molar-refractivity contribution < 1.29 is 14.1 Å². The summed E-state index contributed by atoms with van der Waals surface area (Å²) in [4.78, 5) is 20.3. The van der Waals surface area contributed by atoms with Crippen LogP contribution in [0.3, 0.4) is 0 Å². The highest BCUT2D eigenvalue weighted by atomic mass is 32.1. The molecule has 0 radical (unpaired) electrons. The molecule has 0 bridgehead atoms. The molecular weight excluding hydrogens is 412 g/mol. The monoisotopic (exact) mass is 438 g/mol. The number of benzene rings is 1. The molecule has 1 aliphatic heterocycles. The molecule has 2 aromatic heterocycles. The first-order valence-electron chi connectivity index (χ1n) is 10.4. The zero-order valence-corrected chi connectivity index (χ0v) is 18.7. The van der Waals surface area contributed by atoms with Gasteiger partial charge in [0.15, 0.2) is 0 Å². The lowest BCUT2D eigenvalue weighted by Gasteiger charge is -2.35. The number of nitrogens with zero attached hydrogens (tertiary/aromatic N) is 3. The van der Waals surface area contributed by atoms with Crippen molar-refractivity contribution in [3.63, 3.8) is 0 Å². The number of nitrogens with one attached hydrogen (secondary N) is 1. The zero-order valence-electron chi connectivity index (χ0n) is 17.9. The number of ether oxygens (including phenoxy) is 1. The second-order valence-corrected chi connectivity index (χ2v) is 8.32. The smallest absolute Gasteiger partial charge is 0.322 e. The van der Waals surface area contributed by atoms with Crippen molar-refractivity contribution in [1.29, 1.82) is 0 Å². The van der Waals surface area contributed by atoms with Crippen molar-refractivity contribution in [2.24, 2.45) is 0 Å². The fourth-order valence-corrected chi connectivity index (χ4v) is 4.38. The van der Waals surface area contributed by atoms with E-state index in [1.807, 2.05) is 36.6 Å². The molecule has 0 saturated carbocycles. The van der Waals surface area contributed by atoms with Gasteiger partial charge >= 0.3 is 6.03 Å².